The van der Waals surface area contributed by atoms with Crippen LogP contribution < -0.4 is 10.5 Å². The molecule has 3 nitrogen and oxygen atoms in total. The molecule has 2 rings (SSSR count). The molecular weight excluding hydrogens is 221 g/mol. The van der Waals surface area contributed by atoms with E-state index in [0.29, 0.717) is 25.0 Å². The Morgan fingerprint density at radius 1 is 1.41 bits per heavy atom. The summed E-state index contributed by atoms with van der Waals surface area (Å²) in [6.45, 7) is 1.72. The minimum atomic E-state index is -0.305. The monoisotopic (exact) mass is 239 g/mol. The van der Waals surface area contributed by atoms with Crippen LogP contribution in [-0.4, -0.2) is 19.3 Å². The highest BCUT2D eigenvalue weighted by molar-refractivity contribution is 5.29. The zero-order valence-electron chi connectivity index (χ0n) is 9.82. The molecule has 0 bridgehead atoms. The molecule has 1 atom stereocenters. The fraction of sp³-hybridized carbons (Fsp3) is 0.538. The highest BCUT2D eigenvalue weighted by Crippen LogP contribution is 2.19. The minimum absolute atomic E-state index is 0.303. The topological polar surface area (TPSA) is 44.5 Å². The summed E-state index contributed by atoms with van der Waals surface area (Å²) in [5.41, 5.74) is 6.22. The van der Waals surface area contributed by atoms with Crippen LogP contribution in [0.3, 0.4) is 0 Å². The van der Waals surface area contributed by atoms with Gasteiger partial charge < -0.3 is 15.2 Å². The fourth-order valence-corrected chi connectivity index (χ4v) is 2.00. The van der Waals surface area contributed by atoms with Crippen molar-refractivity contribution in [2.45, 2.75) is 31.9 Å². The quantitative estimate of drug-likeness (QED) is 0.857. The van der Waals surface area contributed by atoms with Gasteiger partial charge in [0.05, 0.1) is 12.7 Å². The average molecular weight is 239 g/mol. The third-order valence-corrected chi connectivity index (χ3v) is 2.90. The van der Waals surface area contributed by atoms with Gasteiger partial charge in [-0.05, 0) is 30.5 Å². The minimum Gasteiger partial charge on any atom is -0.493 e. The van der Waals surface area contributed by atoms with E-state index < -0.39 is 0 Å². The van der Waals surface area contributed by atoms with Crippen LogP contribution in [0.5, 0.6) is 5.75 Å². The lowest BCUT2D eigenvalue weighted by Gasteiger charge is -2.11. The SMILES string of the molecule is NCc1cc(F)cc(OCCC2CCCO2)c1. The Morgan fingerprint density at radius 3 is 3.00 bits per heavy atom. The van der Waals surface area contributed by atoms with Gasteiger partial charge in [0.15, 0.2) is 0 Å². The van der Waals surface area contributed by atoms with Crippen LogP contribution >= 0.6 is 0 Å². The molecule has 1 aliphatic rings. The van der Waals surface area contributed by atoms with E-state index in [1.807, 2.05) is 0 Å². The maximum Gasteiger partial charge on any atom is 0.127 e. The standard InChI is InChI=1S/C13H18FNO2/c14-11-6-10(9-15)7-13(8-11)17-5-3-12-2-1-4-16-12/h6-8,12H,1-5,9,15H2. The van der Waals surface area contributed by atoms with Crippen molar-refractivity contribution >= 4 is 0 Å². The number of nitrogens with two attached hydrogens (primary N) is 1. The first-order chi connectivity index (χ1) is 8.28. The van der Waals surface area contributed by atoms with E-state index in [-0.39, 0.29) is 5.82 Å². The summed E-state index contributed by atoms with van der Waals surface area (Å²) in [6, 6.07) is 4.58. The summed E-state index contributed by atoms with van der Waals surface area (Å²) in [5, 5.41) is 0. The molecule has 0 saturated carbocycles. The molecule has 0 aromatic heterocycles. The Kier molecular flexibility index (Phi) is 4.34. The molecule has 1 aromatic rings. The largest absolute Gasteiger partial charge is 0.493 e. The Balaban J connectivity index is 1.83. The molecule has 1 aliphatic heterocycles. The van der Waals surface area contributed by atoms with Crippen LogP contribution in [0.15, 0.2) is 18.2 Å². The number of hydrogen-bond donors (Lipinski definition) is 1. The second-order valence-electron chi connectivity index (χ2n) is 4.27. The highest BCUT2D eigenvalue weighted by Gasteiger charge is 2.15. The van der Waals surface area contributed by atoms with Crippen LogP contribution in [0, 0.1) is 5.82 Å². The summed E-state index contributed by atoms with van der Waals surface area (Å²) in [7, 11) is 0. The summed E-state index contributed by atoms with van der Waals surface area (Å²) in [6.07, 6.45) is 3.38. The van der Waals surface area contributed by atoms with Gasteiger partial charge in [0.25, 0.3) is 0 Å². The second kappa shape index (κ2) is 5.98. The average Bonchev–Trinajstić information content (AvgIpc) is 2.81. The third kappa shape index (κ3) is 3.68. The molecule has 1 saturated heterocycles. The summed E-state index contributed by atoms with van der Waals surface area (Å²) in [5.74, 6) is 0.239. The van der Waals surface area contributed by atoms with Gasteiger partial charge in [-0.3, -0.25) is 0 Å². The molecule has 1 unspecified atom stereocenters. The van der Waals surface area contributed by atoms with E-state index in [0.717, 1.165) is 31.4 Å². The number of hydrogen-bond acceptors (Lipinski definition) is 3. The van der Waals surface area contributed by atoms with Crippen LogP contribution in [0.2, 0.25) is 0 Å². The van der Waals surface area contributed by atoms with Gasteiger partial charge in [-0.15, -0.1) is 0 Å². The van der Waals surface area contributed by atoms with Crippen molar-refractivity contribution in [2.24, 2.45) is 5.73 Å². The summed E-state index contributed by atoms with van der Waals surface area (Å²) in [4.78, 5) is 0. The molecule has 94 valence electrons. The number of ether oxygens (including phenoxy) is 2. The van der Waals surface area contributed by atoms with Crippen molar-refractivity contribution in [3.8, 4) is 5.75 Å². The molecule has 0 radical (unpaired) electrons. The third-order valence-electron chi connectivity index (χ3n) is 2.90. The Hall–Kier alpha value is -1.13. The lowest BCUT2D eigenvalue weighted by Crippen LogP contribution is -2.11. The predicted octanol–water partition coefficient (Wildman–Crippen LogP) is 2.23. The van der Waals surface area contributed by atoms with Crippen molar-refractivity contribution in [3.05, 3.63) is 29.6 Å². The van der Waals surface area contributed by atoms with Crippen LogP contribution in [0.25, 0.3) is 0 Å². The predicted molar refractivity (Wildman–Crippen MR) is 63.4 cm³/mol. The van der Waals surface area contributed by atoms with Crippen molar-refractivity contribution < 1.29 is 13.9 Å². The van der Waals surface area contributed by atoms with E-state index in [2.05, 4.69) is 0 Å². The molecule has 4 heteroatoms. The van der Waals surface area contributed by atoms with E-state index in [4.69, 9.17) is 15.2 Å². The van der Waals surface area contributed by atoms with Crippen molar-refractivity contribution in [1.29, 1.82) is 0 Å². The van der Waals surface area contributed by atoms with Gasteiger partial charge in [0.2, 0.25) is 0 Å². The zero-order chi connectivity index (χ0) is 12.1. The van der Waals surface area contributed by atoms with Gasteiger partial charge in [0.1, 0.15) is 11.6 Å². The van der Waals surface area contributed by atoms with Gasteiger partial charge in [-0.2, -0.15) is 0 Å². The molecule has 2 N–H and O–H groups in total. The summed E-state index contributed by atoms with van der Waals surface area (Å²) < 4.78 is 24.2. The summed E-state index contributed by atoms with van der Waals surface area (Å²) >= 11 is 0. The molecule has 1 fully saturated rings. The molecule has 1 aromatic carbocycles. The van der Waals surface area contributed by atoms with Crippen molar-refractivity contribution in [1.82, 2.24) is 0 Å². The van der Waals surface area contributed by atoms with E-state index in [9.17, 15) is 4.39 Å². The maximum atomic E-state index is 13.2. The Bertz CT molecular complexity index is 364. The normalized spacial score (nSPS) is 19.5. The second-order valence-corrected chi connectivity index (χ2v) is 4.27. The Morgan fingerprint density at radius 2 is 2.29 bits per heavy atom. The Labute approximate surface area is 101 Å². The van der Waals surface area contributed by atoms with Crippen molar-refractivity contribution in [3.63, 3.8) is 0 Å². The first-order valence-electron chi connectivity index (χ1n) is 6.02. The molecule has 0 aliphatic carbocycles. The van der Waals surface area contributed by atoms with E-state index in [1.54, 1.807) is 6.07 Å². The first kappa shape index (κ1) is 12.3. The van der Waals surface area contributed by atoms with Gasteiger partial charge in [0, 0.05) is 25.6 Å². The maximum absolute atomic E-state index is 13.2. The van der Waals surface area contributed by atoms with E-state index >= 15 is 0 Å². The van der Waals surface area contributed by atoms with Crippen LogP contribution in [0.1, 0.15) is 24.8 Å². The van der Waals surface area contributed by atoms with Gasteiger partial charge in [-0.1, -0.05) is 0 Å². The molecule has 0 amide bonds. The fourth-order valence-electron chi connectivity index (χ4n) is 2.00. The number of benzene rings is 1. The lowest BCUT2D eigenvalue weighted by molar-refractivity contribution is 0.0903. The number of rotatable bonds is 5. The van der Waals surface area contributed by atoms with E-state index in [1.165, 1.54) is 12.1 Å². The molecule has 0 spiro atoms. The first-order valence-corrected chi connectivity index (χ1v) is 6.02. The zero-order valence-corrected chi connectivity index (χ0v) is 9.82. The van der Waals surface area contributed by atoms with Crippen LogP contribution in [-0.2, 0) is 11.3 Å². The van der Waals surface area contributed by atoms with Crippen molar-refractivity contribution in [2.75, 3.05) is 13.2 Å². The number of halogens is 1. The van der Waals surface area contributed by atoms with Gasteiger partial charge in [-0.25, -0.2) is 4.39 Å². The lowest BCUT2D eigenvalue weighted by atomic mass is 10.2. The van der Waals surface area contributed by atoms with Gasteiger partial charge >= 0.3 is 0 Å². The smallest absolute Gasteiger partial charge is 0.127 e. The highest BCUT2D eigenvalue weighted by atomic mass is 19.1. The molecule has 17 heavy (non-hydrogen) atoms. The van der Waals surface area contributed by atoms with Crippen LogP contribution in [0.4, 0.5) is 4.39 Å². The molecular formula is C13H18FNO2. The molecule has 1 heterocycles.